The third-order valence-electron chi connectivity index (χ3n) is 3.60. The fourth-order valence-electron chi connectivity index (χ4n) is 2.37. The topological polar surface area (TPSA) is 114 Å². The summed E-state index contributed by atoms with van der Waals surface area (Å²) < 4.78 is 4.98. The van der Waals surface area contributed by atoms with Gasteiger partial charge in [0.25, 0.3) is 11.1 Å². The molecule has 130 valence electrons. The minimum atomic E-state index is -0.366. The molecule has 3 heterocycles. The number of amides is 1. The molecular weight excluding hydrogens is 352 g/mol. The second kappa shape index (κ2) is 7.25. The maximum Gasteiger partial charge on any atom is 0.295 e. The van der Waals surface area contributed by atoms with E-state index in [1.165, 1.54) is 13.3 Å². The van der Waals surface area contributed by atoms with Crippen molar-refractivity contribution in [1.82, 2.24) is 20.2 Å². The van der Waals surface area contributed by atoms with E-state index in [4.69, 9.17) is 10.00 Å². The number of aromatic nitrogens is 4. The van der Waals surface area contributed by atoms with Gasteiger partial charge in [-0.25, -0.2) is 4.98 Å². The number of pyridine rings is 2. The van der Waals surface area contributed by atoms with Crippen molar-refractivity contribution in [3.8, 4) is 22.4 Å². The SMILES string of the molecule is COc1nnc(NC(=O)c2cnc(C)cc2-c2cnc(C#N)cc2C)s1. The summed E-state index contributed by atoms with van der Waals surface area (Å²) in [7, 11) is 1.48. The number of anilines is 1. The first kappa shape index (κ1) is 17.4. The van der Waals surface area contributed by atoms with Crippen LogP contribution >= 0.6 is 11.3 Å². The predicted molar refractivity (Wildman–Crippen MR) is 96.1 cm³/mol. The molecule has 0 aliphatic rings. The van der Waals surface area contributed by atoms with Crippen LogP contribution in [0.5, 0.6) is 5.19 Å². The monoisotopic (exact) mass is 366 g/mol. The van der Waals surface area contributed by atoms with Gasteiger partial charge in [0.2, 0.25) is 5.13 Å². The molecule has 0 aliphatic heterocycles. The van der Waals surface area contributed by atoms with Crippen LogP contribution in [-0.2, 0) is 0 Å². The number of methoxy groups -OCH3 is 1. The molecule has 26 heavy (non-hydrogen) atoms. The lowest BCUT2D eigenvalue weighted by atomic mass is 9.97. The van der Waals surface area contributed by atoms with E-state index in [0.717, 1.165) is 28.2 Å². The number of aryl methyl sites for hydroxylation is 2. The van der Waals surface area contributed by atoms with Crippen LogP contribution in [0.2, 0.25) is 0 Å². The summed E-state index contributed by atoms with van der Waals surface area (Å²) in [5, 5.41) is 20.0. The van der Waals surface area contributed by atoms with E-state index >= 15 is 0 Å². The number of carbonyl (C=O) groups excluding carboxylic acids is 1. The van der Waals surface area contributed by atoms with Gasteiger partial charge in [0, 0.05) is 23.7 Å². The van der Waals surface area contributed by atoms with Gasteiger partial charge in [0.1, 0.15) is 11.8 Å². The van der Waals surface area contributed by atoms with Crippen molar-refractivity contribution in [2.75, 3.05) is 12.4 Å². The molecular formula is C17H14N6O2S. The molecule has 0 saturated heterocycles. The molecule has 0 bridgehead atoms. The second-order valence-electron chi connectivity index (χ2n) is 5.40. The van der Waals surface area contributed by atoms with Gasteiger partial charge in [-0.05, 0) is 48.4 Å². The molecule has 0 aliphatic carbocycles. The smallest absolute Gasteiger partial charge is 0.295 e. The van der Waals surface area contributed by atoms with Crippen molar-refractivity contribution in [2.45, 2.75) is 13.8 Å². The number of carbonyl (C=O) groups is 1. The molecule has 3 rings (SSSR count). The first-order valence-corrected chi connectivity index (χ1v) is 8.36. The summed E-state index contributed by atoms with van der Waals surface area (Å²) in [6.07, 6.45) is 3.10. The Bertz CT molecular complexity index is 1020. The number of ether oxygens (including phenoxy) is 1. The van der Waals surface area contributed by atoms with Crippen LogP contribution in [0.4, 0.5) is 5.13 Å². The number of rotatable bonds is 4. The molecule has 9 heteroatoms. The highest BCUT2D eigenvalue weighted by Gasteiger charge is 2.18. The molecule has 1 N–H and O–H groups in total. The molecule has 0 unspecified atom stereocenters. The quantitative estimate of drug-likeness (QED) is 0.755. The first-order chi connectivity index (χ1) is 12.5. The molecule has 0 saturated carbocycles. The van der Waals surface area contributed by atoms with Gasteiger partial charge in [0.05, 0.1) is 12.7 Å². The summed E-state index contributed by atoms with van der Waals surface area (Å²) in [6.45, 7) is 3.71. The van der Waals surface area contributed by atoms with E-state index in [9.17, 15) is 4.79 Å². The molecule has 0 radical (unpaired) electrons. The molecule has 1 amide bonds. The van der Waals surface area contributed by atoms with Gasteiger partial charge in [0.15, 0.2) is 0 Å². The minimum absolute atomic E-state index is 0.323. The molecule has 3 aromatic heterocycles. The van der Waals surface area contributed by atoms with Crippen molar-refractivity contribution in [1.29, 1.82) is 5.26 Å². The van der Waals surface area contributed by atoms with Crippen LogP contribution in [0, 0.1) is 25.2 Å². The Morgan fingerprint density at radius 1 is 1.19 bits per heavy atom. The Hall–Kier alpha value is -3.38. The number of nitrogens with zero attached hydrogens (tertiary/aromatic N) is 5. The summed E-state index contributed by atoms with van der Waals surface area (Å²) in [4.78, 5) is 21.1. The maximum atomic E-state index is 12.7. The van der Waals surface area contributed by atoms with Crippen molar-refractivity contribution < 1.29 is 9.53 Å². The highest BCUT2D eigenvalue weighted by atomic mass is 32.1. The van der Waals surface area contributed by atoms with Crippen molar-refractivity contribution in [2.24, 2.45) is 0 Å². The van der Waals surface area contributed by atoms with Gasteiger partial charge in [-0.3, -0.25) is 15.1 Å². The third kappa shape index (κ3) is 3.50. The number of hydrogen-bond acceptors (Lipinski definition) is 8. The lowest BCUT2D eigenvalue weighted by Crippen LogP contribution is -2.14. The Labute approximate surface area is 153 Å². The van der Waals surface area contributed by atoms with Gasteiger partial charge in [-0.2, -0.15) is 5.26 Å². The van der Waals surface area contributed by atoms with Crippen molar-refractivity contribution in [3.05, 3.63) is 47.0 Å². The van der Waals surface area contributed by atoms with E-state index in [0.29, 0.717) is 27.1 Å². The van der Waals surface area contributed by atoms with E-state index in [1.807, 2.05) is 26.0 Å². The molecule has 0 spiro atoms. The zero-order chi connectivity index (χ0) is 18.7. The third-order valence-corrected chi connectivity index (χ3v) is 4.40. The summed E-state index contributed by atoms with van der Waals surface area (Å²) in [5.41, 5.74) is 3.74. The number of nitrogens with one attached hydrogen (secondary N) is 1. The zero-order valence-corrected chi connectivity index (χ0v) is 15.1. The predicted octanol–water partition coefficient (Wildman–Crippen LogP) is 2.74. The minimum Gasteiger partial charge on any atom is -0.472 e. The van der Waals surface area contributed by atoms with Crippen LogP contribution in [0.15, 0.2) is 24.5 Å². The lowest BCUT2D eigenvalue weighted by Gasteiger charge is -2.12. The zero-order valence-electron chi connectivity index (χ0n) is 14.3. The van der Waals surface area contributed by atoms with Crippen LogP contribution in [0.1, 0.15) is 27.3 Å². The van der Waals surface area contributed by atoms with E-state index < -0.39 is 0 Å². The largest absolute Gasteiger partial charge is 0.472 e. The fraction of sp³-hybridized carbons (Fsp3) is 0.176. The van der Waals surface area contributed by atoms with Gasteiger partial charge in [-0.15, -0.1) is 5.10 Å². The summed E-state index contributed by atoms with van der Waals surface area (Å²) in [6, 6.07) is 5.50. The van der Waals surface area contributed by atoms with Crippen molar-refractivity contribution >= 4 is 22.4 Å². The highest BCUT2D eigenvalue weighted by Crippen LogP contribution is 2.28. The Balaban J connectivity index is 2.00. The highest BCUT2D eigenvalue weighted by molar-refractivity contribution is 7.17. The number of nitriles is 1. The summed E-state index contributed by atoms with van der Waals surface area (Å²) >= 11 is 1.12. The van der Waals surface area contributed by atoms with Gasteiger partial charge in [-0.1, -0.05) is 5.10 Å². The molecule has 0 atom stereocenters. The second-order valence-corrected chi connectivity index (χ2v) is 6.34. The average Bonchev–Trinajstić information content (AvgIpc) is 3.09. The van der Waals surface area contributed by atoms with Crippen molar-refractivity contribution in [3.63, 3.8) is 0 Å². The van der Waals surface area contributed by atoms with E-state index in [1.54, 1.807) is 12.3 Å². The van der Waals surface area contributed by atoms with Gasteiger partial charge >= 0.3 is 0 Å². The number of hydrogen-bond donors (Lipinski definition) is 1. The molecule has 8 nitrogen and oxygen atoms in total. The maximum absolute atomic E-state index is 12.7. The van der Waals surface area contributed by atoms with Crippen LogP contribution in [0.3, 0.4) is 0 Å². The van der Waals surface area contributed by atoms with Crippen LogP contribution in [-0.4, -0.2) is 33.2 Å². The van der Waals surface area contributed by atoms with Gasteiger partial charge < -0.3 is 4.74 Å². The molecule has 0 fully saturated rings. The summed E-state index contributed by atoms with van der Waals surface area (Å²) in [5.74, 6) is -0.366. The lowest BCUT2D eigenvalue weighted by molar-refractivity contribution is 0.102. The van der Waals surface area contributed by atoms with Crippen LogP contribution in [0.25, 0.3) is 11.1 Å². The molecule has 0 aromatic carbocycles. The Morgan fingerprint density at radius 2 is 2.00 bits per heavy atom. The molecule has 3 aromatic rings. The first-order valence-electron chi connectivity index (χ1n) is 7.54. The van der Waals surface area contributed by atoms with E-state index in [2.05, 4.69) is 25.5 Å². The Morgan fingerprint density at radius 3 is 2.65 bits per heavy atom. The fourth-order valence-corrected chi connectivity index (χ4v) is 2.93. The normalized spacial score (nSPS) is 10.2. The van der Waals surface area contributed by atoms with E-state index in [-0.39, 0.29) is 5.91 Å². The standard InChI is InChI=1S/C17H14N6O2S/c1-9-4-11(6-18)20-7-13(9)12-5-10(2)19-8-14(12)15(24)21-16-22-23-17(25-3)26-16/h4-5,7-8H,1-3H3,(H,21,22,24). The van der Waals surface area contributed by atoms with Crippen LogP contribution < -0.4 is 10.1 Å². The average molecular weight is 366 g/mol. The Kier molecular flexibility index (Phi) is 4.86.